The van der Waals surface area contributed by atoms with Gasteiger partial charge in [0, 0.05) is 24.0 Å². The highest BCUT2D eigenvalue weighted by Crippen LogP contribution is 2.29. The van der Waals surface area contributed by atoms with Crippen LogP contribution in [0.4, 0.5) is 0 Å². The minimum absolute atomic E-state index is 0.00236. The highest BCUT2D eigenvalue weighted by molar-refractivity contribution is 7.99. The zero-order valence-electron chi connectivity index (χ0n) is 16.6. The lowest BCUT2D eigenvalue weighted by Crippen LogP contribution is -2.33. The number of benzene rings is 1. The predicted octanol–water partition coefficient (Wildman–Crippen LogP) is 3.95. The van der Waals surface area contributed by atoms with Gasteiger partial charge in [-0.25, -0.2) is 0 Å². The van der Waals surface area contributed by atoms with Gasteiger partial charge in [0.15, 0.2) is 11.0 Å². The molecule has 0 bridgehead atoms. The van der Waals surface area contributed by atoms with E-state index >= 15 is 0 Å². The van der Waals surface area contributed by atoms with Gasteiger partial charge in [-0.05, 0) is 51.0 Å². The average Bonchev–Trinajstić information content (AvgIpc) is 3.10. The summed E-state index contributed by atoms with van der Waals surface area (Å²) in [4.78, 5) is 16.4. The standard InChI is InChI=1S/C21H25N5OS/c1-5-16(4)23-19(27)13-28-21-25-24-20(17-7-6-10-22-12-17)26(21)18-9-8-14(2)11-15(18)3/h6-12,16H,5,13H2,1-4H3,(H,23,27)/t16-/m0/s1. The summed E-state index contributed by atoms with van der Waals surface area (Å²) in [5, 5.41) is 12.4. The van der Waals surface area contributed by atoms with Crippen molar-refractivity contribution in [2.75, 3.05) is 5.75 Å². The molecule has 28 heavy (non-hydrogen) atoms. The molecule has 2 aromatic heterocycles. The molecule has 0 aliphatic rings. The van der Waals surface area contributed by atoms with Crippen molar-refractivity contribution in [3.8, 4) is 17.1 Å². The summed E-state index contributed by atoms with van der Waals surface area (Å²) in [6.07, 6.45) is 4.41. The summed E-state index contributed by atoms with van der Waals surface area (Å²) in [5.74, 6) is 1.00. The molecule has 1 aromatic carbocycles. The van der Waals surface area contributed by atoms with E-state index in [1.807, 2.05) is 23.6 Å². The van der Waals surface area contributed by atoms with E-state index in [1.165, 1.54) is 17.3 Å². The number of hydrogen-bond acceptors (Lipinski definition) is 5. The third-order valence-electron chi connectivity index (χ3n) is 4.50. The van der Waals surface area contributed by atoms with E-state index in [2.05, 4.69) is 59.5 Å². The number of carbonyl (C=O) groups excluding carboxylic acids is 1. The Balaban J connectivity index is 1.97. The van der Waals surface area contributed by atoms with Gasteiger partial charge in [-0.3, -0.25) is 14.3 Å². The molecule has 0 spiro atoms. The molecule has 1 amide bonds. The SMILES string of the molecule is CC[C@H](C)NC(=O)CSc1nnc(-c2cccnc2)n1-c1ccc(C)cc1C. The normalized spacial score (nSPS) is 12.0. The zero-order chi connectivity index (χ0) is 20.1. The summed E-state index contributed by atoms with van der Waals surface area (Å²) < 4.78 is 2.01. The van der Waals surface area contributed by atoms with Gasteiger partial charge in [0.25, 0.3) is 0 Å². The number of pyridine rings is 1. The Hall–Kier alpha value is -2.67. The summed E-state index contributed by atoms with van der Waals surface area (Å²) in [7, 11) is 0. The van der Waals surface area contributed by atoms with Crippen LogP contribution in [0.3, 0.4) is 0 Å². The van der Waals surface area contributed by atoms with Crippen LogP contribution >= 0.6 is 11.8 Å². The lowest BCUT2D eigenvalue weighted by atomic mass is 10.1. The molecule has 2 heterocycles. The number of aryl methyl sites for hydroxylation is 2. The zero-order valence-corrected chi connectivity index (χ0v) is 17.5. The Labute approximate surface area is 169 Å². The maximum absolute atomic E-state index is 12.2. The Morgan fingerprint density at radius 3 is 2.75 bits per heavy atom. The fourth-order valence-corrected chi connectivity index (χ4v) is 3.62. The molecular formula is C21H25N5OS. The van der Waals surface area contributed by atoms with E-state index in [0.29, 0.717) is 16.7 Å². The molecule has 3 rings (SSSR count). The van der Waals surface area contributed by atoms with Gasteiger partial charge in [0.05, 0.1) is 11.4 Å². The number of nitrogens with one attached hydrogen (secondary N) is 1. The molecule has 0 aliphatic heterocycles. The fourth-order valence-electron chi connectivity index (χ4n) is 2.87. The number of amides is 1. The van der Waals surface area contributed by atoms with Gasteiger partial charge in [0.2, 0.25) is 5.91 Å². The van der Waals surface area contributed by atoms with E-state index in [0.717, 1.165) is 23.2 Å². The second-order valence-electron chi connectivity index (χ2n) is 6.84. The predicted molar refractivity (Wildman–Crippen MR) is 113 cm³/mol. The molecular weight excluding hydrogens is 370 g/mol. The Morgan fingerprint density at radius 1 is 1.25 bits per heavy atom. The summed E-state index contributed by atoms with van der Waals surface area (Å²) in [6.45, 7) is 8.19. The largest absolute Gasteiger partial charge is 0.353 e. The highest BCUT2D eigenvalue weighted by Gasteiger charge is 2.19. The number of rotatable bonds is 7. The van der Waals surface area contributed by atoms with Crippen LogP contribution in [0.5, 0.6) is 0 Å². The Morgan fingerprint density at radius 2 is 2.07 bits per heavy atom. The van der Waals surface area contributed by atoms with Crippen molar-refractivity contribution in [2.45, 2.75) is 45.3 Å². The van der Waals surface area contributed by atoms with Crippen LogP contribution in [0.25, 0.3) is 17.1 Å². The number of thioether (sulfide) groups is 1. The van der Waals surface area contributed by atoms with Gasteiger partial charge in [0.1, 0.15) is 0 Å². The van der Waals surface area contributed by atoms with Crippen molar-refractivity contribution < 1.29 is 4.79 Å². The van der Waals surface area contributed by atoms with Crippen LogP contribution in [0, 0.1) is 13.8 Å². The molecule has 7 heteroatoms. The van der Waals surface area contributed by atoms with Gasteiger partial charge in [-0.2, -0.15) is 0 Å². The van der Waals surface area contributed by atoms with Crippen LogP contribution in [0.15, 0.2) is 47.9 Å². The average molecular weight is 396 g/mol. The lowest BCUT2D eigenvalue weighted by Gasteiger charge is -2.14. The van der Waals surface area contributed by atoms with Crippen LogP contribution in [-0.2, 0) is 4.79 Å². The lowest BCUT2D eigenvalue weighted by molar-refractivity contribution is -0.119. The second kappa shape index (κ2) is 9.01. The quantitative estimate of drug-likeness (QED) is 0.613. The van der Waals surface area contributed by atoms with E-state index in [-0.39, 0.29) is 11.9 Å². The van der Waals surface area contributed by atoms with Gasteiger partial charge in [-0.15, -0.1) is 10.2 Å². The third kappa shape index (κ3) is 4.59. The molecule has 0 fully saturated rings. The molecule has 0 saturated carbocycles. The first-order valence-electron chi connectivity index (χ1n) is 9.35. The van der Waals surface area contributed by atoms with Crippen molar-refractivity contribution in [3.63, 3.8) is 0 Å². The summed E-state index contributed by atoms with van der Waals surface area (Å²) in [5.41, 5.74) is 4.19. The maximum Gasteiger partial charge on any atom is 0.230 e. The van der Waals surface area contributed by atoms with E-state index in [1.54, 1.807) is 12.4 Å². The summed E-state index contributed by atoms with van der Waals surface area (Å²) >= 11 is 1.39. The Kier molecular flexibility index (Phi) is 6.46. The molecule has 0 saturated heterocycles. The molecule has 1 atom stereocenters. The fraction of sp³-hybridized carbons (Fsp3) is 0.333. The molecule has 3 aromatic rings. The molecule has 0 aliphatic carbocycles. The third-order valence-corrected chi connectivity index (χ3v) is 5.43. The number of carbonyl (C=O) groups is 1. The van der Waals surface area contributed by atoms with Gasteiger partial charge in [-0.1, -0.05) is 36.4 Å². The van der Waals surface area contributed by atoms with Crippen molar-refractivity contribution >= 4 is 17.7 Å². The van der Waals surface area contributed by atoms with Crippen LogP contribution in [-0.4, -0.2) is 37.5 Å². The first kappa shape index (κ1) is 20.1. The van der Waals surface area contributed by atoms with Crippen molar-refractivity contribution in [2.24, 2.45) is 0 Å². The maximum atomic E-state index is 12.2. The molecule has 146 valence electrons. The minimum Gasteiger partial charge on any atom is -0.353 e. The van der Waals surface area contributed by atoms with Crippen LogP contribution < -0.4 is 5.32 Å². The monoisotopic (exact) mass is 395 g/mol. The van der Waals surface area contributed by atoms with Gasteiger partial charge >= 0.3 is 0 Å². The number of aromatic nitrogens is 4. The number of nitrogens with zero attached hydrogens (tertiary/aromatic N) is 4. The minimum atomic E-state index is -0.00236. The van der Waals surface area contributed by atoms with Crippen molar-refractivity contribution in [1.82, 2.24) is 25.1 Å². The van der Waals surface area contributed by atoms with E-state index in [9.17, 15) is 4.79 Å². The molecule has 1 N–H and O–H groups in total. The topological polar surface area (TPSA) is 72.7 Å². The first-order valence-corrected chi connectivity index (χ1v) is 10.3. The molecule has 0 unspecified atom stereocenters. The van der Waals surface area contributed by atoms with E-state index in [4.69, 9.17) is 0 Å². The van der Waals surface area contributed by atoms with Gasteiger partial charge < -0.3 is 5.32 Å². The van der Waals surface area contributed by atoms with Crippen molar-refractivity contribution in [3.05, 3.63) is 53.9 Å². The first-order chi connectivity index (χ1) is 13.5. The van der Waals surface area contributed by atoms with Crippen molar-refractivity contribution in [1.29, 1.82) is 0 Å². The second-order valence-corrected chi connectivity index (χ2v) is 7.78. The molecule has 0 radical (unpaired) electrons. The van der Waals surface area contributed by atoms with Crippen LogP contribution in [0.2, 0.25) is 0 Å². The van der Waals surface area contributed by atoms with Crippen LogP contribution in [0.1, 0.15) is 31.4 Å². The highest BCUT2D eigenvalue weighted by atomic mass is 32.2. The Bertz CT molecular complexity index is 955. The molecule has 6 nitrogen and oxygen atoms in total. The smallest absolute Gasteiger partial charge is 0.230 e. The number of hydrogen-bond donors (Lipinski definition) is 1. The summed E-state index contributed by atoms with van der Waals surface area (Å²) in [6, 6.07) is 10.3. The van der Waals surface area contributed by atoms with E-state index < -0.39 is 0 Å².